The summed E-state index contributed by atoms with van der Waals surface area (Å²) >= 11 is 6.25. The monoisotopic (exact) mass is 326 g/mol. The van der Waals surface area contributed by atoms with Gasteiger partial charge in [0.25, 0.3) is 0 Å². The molecular weight excluding hydrogens is 308 g/mol. The lowest BCUT2D eigenvalue weighted by Gasteiger charge is -2.12. The number of allylic oxidation sites excluding steroid dienone is 1. The van der Waals surface area contributed by atoms with Gasteiger partial charge in [0.2, 0.25) is 0 Å². The summed E-state index contributed by atoms with van der Waals surface area (Å²) in [5, 5.41) is 10.1. The molecule has 0 bridgehead atoms. The quantitative estimate of drug-likeness (QED) is 0.595. The maximum Gasteiger partial charge on any atom is 0.117 e. The summed E-state index contributed by atoms with van der Waals surface area (Å²) in [5.41, 5.74) is 3.30. The Labute approximate surface area is 141 Å². The molecule has 118 valence electrons. The first-order valence-corrected chi connectivity index (χ1v) is 8.13. The number of phenolic OH excluding ortho intramolecular Hbond substituents is 1. The molecule has 2 aromatic carbocycles. The Kier molecular flexibility index (Phi) is 5.16. The number of ether oxygens (including phenoxy) is 1. The van der Waals surface area contributed by atoms with Crippen LogP contribution in [0.5, 0.6) is 5.75 Å². The molecule has 2 nitrogen and oxygen atoms in total. The van der Waals surface area contributed by atoms with Crippen LogP contribution >= 0.6 is 11.6 Å². The Morgan fingerprint density at radius 3 is 2.74 bits per heavy atom. The van der Waals surface area contributed by atoms with Crippen LogP contribution in [0.1, 0.15) is 24.0 Å². The minimum absolute atomic E-state index is 0.179. The third-order valence-electron chi connectivity index (χ3n) is 3.91. The maximum absolute atomic E-state index is 9.51. The molecule has 1 N–H and O–H groups in total. The molecule has 1 atom stereocenters. The summed E-state index contributed by atoms with van der Waals surface area (Å²) < 4.78 is 5.63. The lowest BCUT2D eigenvalue weighted by Crippen LogP contribution is -2.04. The van der Waals surface area contributed by atoms with Crippen molar-refractivity contribution in [2.75, 3.05) is 6.61 Å². The zero-order valence-electron chi connectivity index (χ0n) is 12.8. The fraction of sp³-hybridized carbons (Fsp3) is 0.200. The highest BCUT2D eigenvalue weighted by Crippen LogP contribution is 2.29. The molecule has 3 rings (SSSR count). The molecule has 0 spiro atoms. The van der Waals surface area contributed by atoms with E-state index in [2.05, 4.69) is 30.4 Å². The van der Waals surface area contributed by atoms with Crippen LogP contribution < -0.4 is 0 Å². The Balaban J connectivity index is 1.87. The number of halogens is 1. The first kappa shape index (κ1) is 15.9. The van der Waals surface area contributed by atoms with Crippen molar-refractivity contribution >= 4 is 23.3 Å². The standard InChI is InChI=1S/C20H19ClO2/c21-20-14-18(22)10-8-17(20)13-16(15-5-2-1-3-6-15)9-11-19-7-4-12-23-19/h1-8,10,13-14,19,22H,9,11-12H2/b16-13-/t19-/m0/s1. The number of rotatable bonds is 5. The molecule has 0 saturated heterocycles. The molecule has 0 amide bonds. The zero-order valence-corrected chi connectivity index (χ0v) is 13.5. The van der Waals surface area contributed by atoms with Gasteiger partial charge in [-0.05, 0) is 53.8 Å². The molecule has 0 aliphatic carbocycles. The fourth-order valence-corrected chi connectivity index (χ4v) is 2.92. The molecule has 1 aliphatic heterocycles. The van der Waals surface area contributed by atoms with E-state index in [-0.39, 0.29) is 11.9 Å². The molecule has 0 saturated carbocycles. The van der Waals surface area contributed by atoms with Crippen LogP contribution in [-0.4, -0.2) is 17.8 Å². The molecule has 0 fully saturated rings. The van der Waals surface area contributed by atoms with E-state index >= 15 is 0 Å². The molecule has 0 radical (unpaired) electrons. The van der Waals surface area contributed by atoms with Crippen molar-refractivity contribution in [3.8, 4) is 5.75 Å². The van der Waals surface area contributed by atoms with Crippen LogP contribution in [0.25, 0.3) is 11.6 Å². The summed E-state index contributed by atoms with van der Waals surface area (Å²) in [7, 11) is 0. The van der Waals surface area contributed by atoms with E-state index in [1.54, 1.807) is 12.1 Å². The van der Waals surface area contributed by atoms with Gasteiger partial charge in [-0.25, -0.2) is 0 Å². The predicted octanol–water partition coefficient (Wildman–Crippen LogP) is 5.32. The molecule has 0 aromatic heterocycles. The van der Waals surface area contributed by atoms with E-state index in [4.69, 9.17) is 16.3 Å². The normalized spacial score (nSPS) is 17.6. The average molecular weight is 327 g/mol. The van der Waals surface area contributed by atoms with Crippen LogP contribution in [-0.2, 0) is 4.74 Å². The Morgan fingerprint density at radius 2 is 2.04 bits per heavy atom. The minimum atomic E-state index is 0.179. The number of aromatic hydroxyl groups is 1. The SMILES string of the molecule is Oc1ccc(/C=C(/CC[C@@H]2C=CCO2)c2ccccc2)c(Cl)c1. The summed E-state index contributed by atoms with van der Waals surface area (Å²) in [6, 6.07) is 15.4. The maximum atomic E-state index is 9.51. The highest BCUT2D eigenvalue weighted by Gasteiger charge is 2.12. The molecule has 3 heteroatoms. The smallest absolute Gasteiger partial charge is 0.117 e. The third kappa shape index (κ3) is 4.25. The van der Waals surface area contributed by atoms with Crippen LogP contribution in [0.4, 0.5) is 0 Å². The third-order valence-corrected chi connectivity index (χ3v) is 4.24. The van der Waals surface area contributed by atoms with Gasteiger partial charge in [-0.1, -0.05) is 54.1 Å². The van der Waals surface area contributed by atoms with Crippen LogP contribution in [0.15, 0.2) is 60.7 Å². The van der Waals surface area contributed by atoms with E-state index in [0.717, 1.165) is 18.4 Å². The van der Waals surface area contributed by atoms with E-state index in [1.165, 1.54) is 11.1 Å². The summed E-state index contributed by atoms with van der Waals surface area (Å²) in [5.74, 6) is 0.179. The minimum Gasteiger partial charge on any atom is -0.508 e. The topological polar surface area (TPSA) is 29.5 Å². The van der Waals surface area contributed by atoms with Gasteiger partial charge in [0.15, 0.2) is 0 Å². The van der Waals surface area contributed by atoms with Crippen molar-refractivity contribution < 1.29 is 9.84 Å². The Morgan fingerprint density at radius 1 is 1.22 bits per heavy atom. The van der Waals surface area contributed by atoms with Crippen LogP contribution in [0, 0.1) is 0 Å². The lowest BCUT2D eigenvalue weighted by molar-refractivity contribution is 0.123. The summed E-state index contributed by atoms with van der Waals surface area (Å²) in [6.45, 7) is 0.707. The largest absolute Gasteiger partial charge is 0.508 e. The van der Waals surface area contributed by atoms with Gasteiger partial charge < -0.3 is 9.84 Å². The summed E-state index contributed by atoms with van der Waals surface area (Å²) in [6.07, 6.45) is 8.31. The van der Waals surface area contributed by atoms with Gasteiger partial charge in [0.05, 0.1) is 17.7 Å². The van der Waals surface area contributed by atoms with E-state index < -0.39 is 0 Å². The highest BCUT2D eigenvalue weighted by molar-refractivity contribution is 6.32. The van der Waals surface area contributed by atoms with Crippen molar-refractivity contribution in [3.63, 3.8) is 0 Å². The van der Waals surface area contributed by atoms with E-state index in [0.29, 0.717) is 11.6 Å². The number of hydrogen-bond acceptors (Lipinski definition) is 2. The molecule has 23 heavy (non-hydrogen) atoms. The second kappa shape index (κ2) is 7.49. The van der Waals surface area contributed by atoms with Crippen molar-refractivity contribution in [1.82, 2.24) is 0 Å². The van der Waals surface area contributed by atoms with Crippen molar-refractivity contribution in [1.29, 1.82) is 0 Å². The van der Waals surface area contributed by atoms with Gasteiger partial charge in [0.1, 0.15) is 5.75 Å². The molecule has 1 heterocycles. The zero-order chi connectivity index (χ0) is 16.1. The molecule has 0 unspecified atom stereocenters. The van der Waals surface area contributed by atoms with Crippen LogP contribution in [0.2, 0.25) is 5.02 Å². The Bertz CT molecular complexity index is 720. The van der Waals surface area contributed by atoms with Crippen LogP contribution in [0.3, 0.4) is 0 Å². The van der Waals surface area contributed by atoms with Crippen molar-refractivity contribution in [2.24, 2.45) is 0 Å². The highest BCUT2D eigenvalue weighted by atomic mass is 35.5. The van der Waals surface area contributed by atoms with E-state index in [1.807, 2.05) is 24.3 Å². The van der Waals surface area contributed by atoms with Crippen molar-refractivity contribution in [3.05, 3.63) is 76.8 Å². The first-order valence-electron chi connectivity index (χ1n) is 7.75. The van der Waals surface area contributed by atoms with Gasteiger partial charge in [-0.15, -0.1) is 0 Å². The Hall–Kier alpha value is -2.03. The average Bonchev–Trinajstić information content (AvgIpc) is 3.07. The second-order valence-corrected chi connectivity index (χ2v) is 5.99. The van der Waals surface area contributed by atoms with Crippen molar-refractivity contribution in [2.45, 2.75) is 18.9 Å². The number of benzene rings is 2. The first-order chi connectivity index (χ1) is 11.2. The molecule has 1 aliphatic rings. The fourth-order valence-electron chi connectivity index (χ4n) is 2.69. The number of hydrogen-bond donors (Lipinski definition) is 1. The molecule has 2 aromatic rings. The van der Waals surface area contributed by atoms with Gasteiger partial charge in [0, 0.05) is 0 Å². The molecular formula is C20H19ClO2. The predicted molar refractivity (Wildman–Crippen MR) is 95.5 cm³/mol. The van der Waals surface area contributed by atoms with Gasteiger partial charge in [-0.2, -0.15) is 0 Å². The van der Waals surface area contributed by atoms with E-state index in [9.17, 15) is 5.11 Å². The van der Waals surface area contributed by atoms with Gasteiger partial charge in [-0.3, -0.25) is 0 Å². The van der Waals surface area contributed by atoms with Gasteiger partial charge >= 0.3 is 0 Å². The summed E-state index contributed by atoms with van der Waals surface area (Å²) in [4.78, 5) is 0. The second-order valence-electron chi connectivity index (χ2n) is 5.58. The lowest BCUT2D eigenvalue weighted by atomic mass is 9.97. The number of phenols is 1.